The van der Waals surface area contributed by atoms with Crippen molar-refractivity contribution < 1.29 is 16.8 Å². The lowest BCUT2D eigenvalue weighted by atomic mass is 9.87. The largest absolute Gasteiger partial charge is 0.304 e. The number of hydrogen-bond acceptors (Lipinski definition) is 6. The quantitative estimate of drug-likeness (QED) is 0.739. The highest BCUT2D eigenvalue weighted by atomic mass is 32.2. The highest BCUT2D eigenvalue weighted by Crippen LogP contribution is 2.31. The Hall–Kier alpha value is -0.960. The molecule has 0 saturated carbocycles. The van der Waals surface area contributed by atoms with E-state index in [0.717, 1.165) is 18.7 Å². The Kier molecular flexibility index (Phi) is 5.49. The van der Waals surface area contributed by atoms with E-state index in [-0.39, 0.29) is 21.8 Å². The maximum Gasteiger partial charge on any atom is 0.183 e. The van der Waals surface area contributed by atoms with Crippen LogP contribution in [0.25, 0.3) is 0 Å². The lowest BCUT2D eigenvalue weighted by molar-refractivity contribution is 0.122. The summed E-state index contributed by atoms with van der Waals surface area (Å²) in [5.74, 6) is -0.353. The van der Waals surface area contributed by atoms with E-state index >= 15 is 0 Å². The molecule has 6 nitrogen and oxygen atoms in total. The summed E-state index contributed by atoms with van der Waals surface area (Å²) >= 11 is 0. The van der Waals surface area contributed by atoms with Gasteiger partial charge in [-0.2, -0.15) is 0 Å². The van der Waals surface area contributed by atoms with Crippen LogP contribution in [-0.4, -0.2) is 82.7 Å². The van der Waals surface area contributed by atoms with Crippen LogP contribution >= 0.6 is 0 Å². The molecule has 2 heterocycles. The van der Waals surface area contributed by atoms with E-state index in [2.05, 4.69) is 30.6 Å². The zero-order chi connectivity index (χ0) is 20.0. The minimum atomic E-state index is -3.72. The predicted molar refractivity (Wildman–Crippen MR) is 108 cm³/mol. The number of sulfone groups is 2. The molecule has 1 aromatic rings. The first-order chi connectivity index (χ1) is 12.4. The van der Waals surface area contributed by atoms with E-state index in [1.807, 2.05) is 19.2 Å². The first-order valence-electron chi connectivity index (χ1n) is 9.38. The smallest absolute Gasteiger partial charge is 0.183 e. The summed E-state index contributed by atoms with van der Waals surface area (Å²) < 4.78 is 51.2. The number of hydrogen-bond donors (Lipinski definition) is 0. The van der Waals surface area contributed by atoms with Gasteiger partial charge in [0.2, 0.25) is 0 Å². The summed E-state index contributed by atoms with van der Waals surface area (Å²) in [5, 5.41) is -0.897. The Morgan fingerprint density at radius 3 is 2.04 bits per heavy atom. The van der Waals surface area contributed by atoms with Gasteiger partial charge in [-0.15, -0.1) is 0 Å². The van der Waals surface area contributed by atoms with E-state index in [9.17, 15) is 16.8 Å². The van der Waals surface area contributed by atoms with Crippen molar-refractivity contribution in [2.24, 2.45) is 0 Å². The van der Waals surface area contributed by atoms with E-state index < -0.39 is 31.0 Å². The molecule has 2 fully saturated rings. The molecule has 0 N–H and O–H groups in total. The number of nitrogens with zero attached hydrogens (tertiary/aromatic N) is 2. The molecule has 2 atom stereocenters. The molecule has 2 aliphatic rings. The molecule has 0 radical (unpaired) electrons. The number of piperazine rings is 1. The van der Waals surface area contributed by atoms with Crippen molar-refractivity contribution in [3.05, 3.63) is 29.8 Å². The number of likely N-dealkylation sites (N-methyl/N-ethyl adjacent to an activating group) is 1. The standard InChI is InChI=1S/C19H30N2O4S2/c1-19(2,3)15-5-7-16(8-6-15)27(24,25)18-14-26(22,23)13-17(18)21-11-9-20(4)10-12-21/h5-8,17-18H,9-14H2,1-4H3. The van der Waals surface area contributed by atoms with E-state index in [0.29, 0.717) is 13.1 Å². The van der Waals surface area contributed by atoms with Crippen LogP contribution in [0, 0.1) is 0 Å². The number of rotatable bonds is 3. The van der Waals surface area contributed by atoms with Gasteiger partial charge >= 0.3 is 0 Å². The zero-order valence-corrected chi connectivity index (χ0v) is 18.2. The number of benzene rings is 1. The molecule has 0 amide bonds. The van der Waals surface area contributed by atoms with Gasteiger partial charge in [-0.1, -0.05) is 32.9 Å². The minimum Gasteiger partial charge on any atom is -0.304 e. The first kappa shape index (κ1) is 20.8. The van der Waals surface area contributed by atoms with E-state index in [1.165, 1.54) is 0 Å². The van der Waals surface area contributed by atoms with Crippen molar-refractivity contribution in [3.8, 4) is 0 Å². The van der Waals surface area contributed by atoms with Crippen LogP contribution in [0.1, 0.15) is 26.3 Å². The highest BCUT2D eigenvalue weighted by molar-refractivity contribution is 7.96. The average molecular weight is 415 g/mol. The van der Waals surface area contributed by atoms with Crippen molar-refractivity contribution in [1.29, 1.82) is 0 Å². The Labute approximate surface area is 163 Å². The van der Waals surface area contributed by atoms with Crippen LogP contribution < -0.4 is 0 Å². The molecule has 2 unspecified atom stereocenters. The lowest BCUT2D eigenvalue weighted by Crippen LogP contribution is -2.54. The fourth-order valence-corrected chi connectivity index (χ4v) is 8.74. The molecular weight excluding hydrogens is 384 g/mol. The molecule has 2 saturated heterocycles. The topological polar surface area (TPSA) is 74.8 Å². The normalized spacial score (nSPS) is 27.7. The molecular formula is C19H30N2O4S2. The van der Waals surface area contributed by atoms with Gasteiger partial charge in [-0.3, -0.25) is 4.90 Å². The van der Waals surface area contributed by atoms with Gasteiger partial charge in [-0.25, -0.2) is 16.8 Å². The summed E-state index contributed by atoms with van der Waals surface area (Å²) in [7, 11) is -5.06. The van der Waals surface area contributed by atoms with Gasteiger partial charge in [0, 0.05) is 32.2 Å². The molecule has 1 aromatic carbocycles. The molecule has 3 rings (SSSR count). The molecule has 27 heavy (non-hydrogen) atoms. The second-order valence-electron chi connectivity index (χ2n) is 8.84. The third-order valence-electron chi connectivity index (χ3n) is 5.73. The van der Waals surface area contributed by atoms with Gasteiger partial charge in [0.25, 0.3) is 0 Å². The van der Waals surface area contributed by atoms with Crippen molar-refractivity contribution >= 4 is 19.7 Å². The summed E-state index contributed by atoms with van der Waals surface area (Å²) in [6, 6.07) is 6.46. The van der Waals surface area contributed by atoms with Crippen LogP contribution in [0.3, 0.4) is 0 Å². The van der Waals surface area contributed by atoms with Crippen LogP contribution in [0.2, 0.25) is 0 Å². The van der Waals surface area contributed by atoms with Crippen LogP contribution in [-0.2, 0) is 25.1 Å². The Morgan fingerprint density at radius 1 is 0.963 bits per heavy atom. The maximum absolute atomic E-state index is 13.3. The summed E-state index contributed by atoms with van der Waals surface area (Å²) in [6.07, 6.45) is 0. The van der Waals surface area contributed by atoms with Crippen molar-refractivity contribution in [1.82, 2.24) is 9.80 Å². The molecule has 152 valence electrons. The van der Waals surface area contributed by atoms with Crippen molar-refractivity contribution in [2.75, 3.05) is 44.7 Å². The highest BCUT2D eigenvalue weighted by Gasteiger charge is 2.48. The van der Waals surface area contributed by atoms with Gasteiger partial charge in [0.15, 0.2) is 19.7 Å². The minimum absolute atomic E-state index is 0.0681. The fourth-order valence-electron chi connectivity index (χ4n) is 3.91. The fraction of sp³-hybridized carbons (Fsp3) is 0.684. The summed E-state index contributed by atoms with van der Waals surface area (Å²) in [6.45, 7) is 9.26. The molecule has 0 aromatic heterocycles. The average Bonchev–Trinajstić information content (AvgIpc) is 2.91. The van der Waals surface area contributed by atoms with Crippen LogP contribution in [0.4, 0.5) is 0 Å². The summed E-state index contributed by atoms with van der Waals surface area (Å²) in [5.41, 5.74) is 0.984. The predicted octanol–water partition coefficient (Wildman–Crippen LogP) is 1.17. The third kappa shape index (κ3) is 4.39. The second-order valence-corrected chi connectivity index (χ2v) is 13.2. The van der Waals surface area contributed by atoms with Crippen molar-refractivity contribution in [2.45, 2.75) is 42.4 Å². The summed E-state index contributed by atoms with van der Waals surface area (Å²) in [4.78, 5) is 4.45. The maximum atomic E-state index is 13.3. The van der Waals surface area contributed by atoms with Gasteiger partial charge < -0.3 is 4.90 Å². The molecule has 2 aliphatic heterocycles. The Bertz CT molecular complexity index is 879. The SMILES string of the molecule is CN1CCN(C2CS(=O)(=O)CC2S(=O)(=O)c2ccc(C(C)(C)C)cc2)CC1. The van der Waals surface area contributed by atoms with E-state index in [1.54, 1.807) is 12.1 Å². The van der Waals surface area contributed by atoms with Gasteiger partial charge in [0.05, 0.1) is 21.7 Å². The molecule has 0 bridgehead atoms. The lowest BCUT2D eigenvalue weighted by Gasteiger charge is -2.37. The first-order valence-corrected chi connectivity index (χ1v) is 12.7. The van der Waals surface area contributed by atoms with Gasteiger partial charge in [0.1, 0.15) is 0 Å². The Balaban J connectivity index is 1.91. The second kappa shape index (κ2) is 7.13. The van der Waals surface area contributed by atoms with Crippen LogP contribution in [0.15, 0.2) is 29.2 Å². The zero-order valence-electron chi connectivity index (χ0n) is 16.6. The molecule has 8 heteroatoms. The third-order valence-corrected chi connectivity index (χ3v) is 9.86. The van der Waals surface area contributed by atoms with Crippen molar-refractivity contribution in [3.63, 3.8) is 0 Å². The van der Waals surface area contributed by atoms with E-state index in [4.69, 9.17) is 0 Å². The Morgan fingerprint density at radius 2 is 1.52 bits per heavy atom. The molecule has 0 aliphatic carbocycles. The van der Waals surface area contributed by atoms with Crippen LogP contribution in [0.5, 0.6) is 0 Å². The monoisotopic (exact) mass is 414 g/mol. The van der Waals surface area contributed by atoms with Gasteiger partial charge in [-0.05, 0) is 30.2 Å². The molecule has 0 spiro atoms.